The molecule has 1 heterocycles. The van der Waals surface area contributed by atoms with Crippen molar-refractivity contribution in [3.63, 3.8) is 0 Å². The van der Waals surface area contributed by atoms with E-state index in [0.29, 0.717) is 6.54 Å². The first kappa shape index (κ1) is 17.4. The highest BCUT2D eigenvalue weighted by Crippen LogP contribution is 2.24. The molecule has 2 aromatic rings. The molecule has 0 amide bonds. The van der Waals surface area contributed by atoms with Gasteiger partial charge in [-0.15, -0.1) is 0 Å². The van der Waals surface area contributed by atoms with Crippen LogP contribution in [0.25, 0.3) is 0 Å². The Hall–Kier alpha value is -1.44. The van der Waals surface area contributed by atoms with Gasteiger partial charge < -0.3 is 4.90 Å². The average molecular weight is 413 g/mol. The number of hydrogen-bond donors (Lipinski definition) is 1. The molecule has 0 bridgehead atoms. The summed E-state index contributed by atoms with van der Waals surface area (Å²) in [5, 5.41) is 0. The molecule has 0 aromatic heterocycles. The summed E-state index contributed by atoms with van der Waals surface area (Å²) >= 11 is 3.29. The Bertz CT molecular complexity index is 812. The molecule has 3 rings (SSSR count). The maximum absolute atomic E-state index is 13.0. The highest BCUT2D eigenvalue weighted by Gasteiger charge is 2.24. The van der Waals surface area contributed by atoms with Crippen LogP contribution in [0.15, 0.2) is 57.9 Å². The SMILES string of the molecule is O=S(=O)(NCC1CCN(c2ccc(F)cc2)C1)c1cccc(Br)c1. The van der Waals surface area contributed by atoms with Crippen molar-refractivity contribution in [3.05, 3.63) is 58.8 Å². The van der Waals surface area contributed by atoms with Gasteiger partial charge in [-0.1, -0.05) is 22.0 Å². The molecular weight excluding hydrogens is 395 g/mol. The second-order valence-corrected chi connectivity index (χ2v) is 8.57. The van der Waals surface area contributed by atoms with Crippen LogP contribution in [0.2, 0.25) is 0 Å². The third kappa shape index (κ3) is 4.15. The lowest BCUT2D eigenvalue weighted by Crippen LogP contribution is -2.31. The molecule has 24 heavy (non-hydrogen) atoms. The molecule has 0 spiro atoms. The van der Waals surface area contributed by atoms with E-state index in [-0.39, 0.29) is 16.6 Å². The monoisotopic (exact) mass is 412 g/mol. The predicted molar refractivity (Wildman–Crippen MR) is 96.1 cm³/mol. The van der Waals surface area contributed by atoms with E-state index in [1.165, 1.54) is 12.1 Å². The second-order valence-electron chi connectivity index (χ2n) is 5.89. The summed E-state index contributed by atoms with van der Waals surface area (Å²) in [6.45, 7) is 1.99. The molecular formula is C17H18BrFN2O2S. The first-order valence-corrected chi connectivity index (χ1v) is 9.97. The van der Waals surface area contributed by atoms with Crippen LogP contribution in [0.3, 0.4) is 0 Å². The van der Waals surface area contributed by atoms with Crippen LogP contribution in [0, 0.1) is 11.7 Å². The van der Waals surface area contributed by atoms with Crippen LogP contribution in [0.4, 0.5) is 10.1 Å². The average Bonchev–Trinajstić information content (AvgIpc) is 3.03. The molecule has 1 N–H and O–H groups in total. The number of rotatable bonds is 5. The topological polar surface area (TPSA) is 49.4 Å². The number of nitrogens with zero attached hydrogens (tertiary/aromatic N) is 1. The van der Waals surface area contributed by atoms with Gasteiger partial charge in [-0.25, -0.2) is 17.5 Å². The van der Waals surface area contributed by atoms with Gasteiger partial charge >= 0.3 is 0 Å². The first-order valence-electron chi connectivity index (χ1n) is 7.70. The van der Waals surface area contributed by atoms with E-state index in [1.807, 2.05) is 0 Å². The van der Waals surface area contributed by atoms with Crippen molar-refractivity contribution in [3.8, 4) is 0 Å². The minimum absolute atomic E-state index is 0.233. The van der Waals surface area contributed by atoms with Crippen LogP contribution in [-0.2, 0) is 10.0 Å². The molecule has 0 radical (unpaired) electrons. The third-order valence-electron chi connectivity index (χ3n) is 4.15. The van der Waals surface area contributed by atoms with E-state index in [9.17, 15) is 12.8 Å². The van der Waals surface area contributed by atoms with Crippen LogP contribution < -0.4 is 9.62 Å². The number of hydrogen-bond acceptors (Lipinski definition) is 3. The Kier molecular flexibility index (Phi) is 5.22. The lowest BCUT2D eigenvalue weighted by atomic mass is 10.1. The summed E-state index contributed by atoms with van der Waals surface area (Å²) < 4.78 is 41.1. The van der Waals surface area contributed by atoms with Crippen LogP contribution in [-0.4, -0.2) is 28.1 Å². The number of anilines is 1. The molecule has 128 valence electrons. The second kappa shape index (κ2) is 7.21. The fourth-order valence-corrected chi connectivity index (χ4v) is 4.54. The molecule has 0 saturated carbocycles. The lowest BCUT2D eigenvalue weighted by molar-refractivity contribution is 0.541. The van der Waals surface area contributed by atoms with Gasteiger partial charge in [0.05, 0.1) is 4.90 Å². The normalized spacial score (nSPS) is 18.1. The van der Waals surface area contributed by atoms with E-state index < -0.39 is 10.0 Å². The molecule has 1 aliphatic heterocycles. The largest absolute Gasteiger partial charge is 0.371 e. The van der Waals surface area contributed by atoms with Crippen molar-refractivity contribution >= 4 is 31.6 Å². The van der Waals surface area contributed by atoms with Gasteiger partial charge in [0, 0.05) is 29.8 Å². The summed E-state index contributed by atoms with van der Waals surface area (Å²) in [5.41, 5.74) is 0.966. The van der Waals surface area contributed by atoms with Crippen molar-refractivity contribution in [2.24, 2.45) is 5.92 Å². The van der Waals surface area contributed by atoms with Gasteiger partial charge in [0.2, 0.25) is 10.0 Å². The Labute approximate surface area is 149 Å². The number of benzene rings is 2. The molecule has 1 atom stereocenters. The van der Waals surface area contributed by atoms with E-state index >= 15 is 0 Å². The Morgan fingerprint density at radius 3 is 2.67 bits per heavy atom. The fraction of sp³-hybridized carbons (Fsp3) is 0.294. The minimum atomic E-state index is -3.51. The minimum Gasteiger partial charge on any atom is -0.371 e. The molecule has 0 aliphatic carbocycles. The van der Waals surface area contributed by atoms with E-state index in [1.54, 1.807) is 36.4 Å². The highest BCUT2D eigenvalue weighted by atomic mass is 79.9. The number of sulfonamides is 1. The van der Waals surface area contributed by atoms with Crippen molar-refractivity contribution < 1.29 is 12.8 Å². The third-order valence-corrected chi connectivity index (χ3v) is 6.06. The molecule has 1 aliphatic rings. The van der Waals surface area contributed by atoms with Gasteiger partial charge in [-0.3, -0.25) is 0 Å². The van der Waals surface area contributed by atoms with Crippen molar-refractivity contribution in [2.45, 2.75) is 11.3 Å². The van der Waals surface area contributed by atoms with Gasteiger partial charge in [-0.2, -0.15) is 0 Å². The first-order chi connectivity index (χ1) is 11.4. The maximum Gasteiger partial charge on any atom is 0.240 e. The standard InChI is InChI=1S/C17H18BrFN2O2S/c18-14-2-1-3-17(10-14)24(22,23)20-11-13-8-9-21(12-13)16-6-4-15(19)5-7-16/h1-7,10,13,20H,8-9,11-12H2. The smallest absolute Gasteiger partial charge is 0.240 e. The number of nitrogens with one attached hydrogen (secondary N) is 1. The van der Waals surface area contributed by atoms with Gasteiger partial charge in [0.1, 0.15) is 5.82 Å². The van der Waals surface area contributed by atoms with Crippen molar-refractivity contribution in [1.82, 2.24) is 4.72 Å². The Morgan fingerprint density at radius 1 is 1.21 bits per heavy atom. The predicted octanol–water partition coefficient (Wildman–Crippen LogP) is 3.39. The summed E-state index contributed by atoms with van der Waals surface area (Å²) in [5.74, 6) is -0.0201. The molecule has 1 unspecified atom stereocenters. The summed E-state index contributed by atoms with van der Waals surface area (Å²) in [6.07, 6.45) is 0.901. The number of halogens is 2. The van der Waals surface area contributed by atoms with Crippen LogP contribution in [0.5, 0.6) is 0 Å². The van der Waals surface area contributed by atoms with E-state index in [4.69, 9.17) is 0 Å². The quantitative estimate of drug-likeness (QED) is 0.818. The maximum atomic E-state index is 13.0. The Balaban J connectivity index is 1.59. The molecule has 4 nitrogen and oxygen atoms in total. The molecule has 1 fully saturated rings. The van der Waals surface area contributed by atoms with Crippen LogP contribution >= 0.6 is 15.9 Å². The van der Waals surface area contributed by atoms with Gasteiger partial charge in [0.25, 0.3) is 0 Å². The lowest BCUT2D eigenvalue weighted by Gasteiger charge is -2.19. The summed E-state index contributed by atoms with van der Waals surface area (Å²) in [7, 11) is -3.51. The zero-order valence-corrected chi connectivity index (χ0v) is 15.4. The van der Waals surface area contributed by atoms with E-state index in [2.05, 4.69) is 25.6 Å². The zero-order valence-electron chi connectivity index (χ0n) is 13.0. The highest BCUT2D eigenvalue weighted by molar-refractivity contribution is 9.10. The van der Waals surface area contributed by atoms with Gasteiger partial charge in [0.15, 0.2) is 0 Å². The van der Waals surface area contributed by atoms with Crippen molar-refractivity contribution in [2.75, 3.05) is 24.5 Å². The summed E-state index contributed by atoms with van der Waals surface area (Å²) in [4.78, 5) is 2.41. The van der Waals surface area contributed by atoms with Crippen molar-refractivity contribution in [1.29, 1.82) is 0 Å². The summed E-state index contributed by atoms with van der Waals surface area (Å²) in [6, 6.07) is 13.0. The van der Waals surface area contributed by atoms with Crippen LogP contribution in [0.1, 0.15) is 6.42 Å². The molecule has 1 saturated heterocycles. The van der Waals surface area contributed by atoms with E-state index in [0.717, 1.165) is 29.7 Å². The fourth-order valence-electron chi connectivity index (χ4n) is 2.83. The van der Waals surface area contributed by atoms with Gasteiger partial charge in [-0.05, 0) is 54.8 Å². The Morgan fingerprint density at radius 2 is 1.96 bits per heavy atom. The molecule has 2 aromatic carbocycles. The molecule has 7 heteroatoms. The zero-order chi connectivity index (χ0) is 17.2.